The molecule has 0 aliphatic heterocycles. The van der Waals surface area contributed by atoms with Crippen molar-refractivity contribution in [3.05, 3.63) is 34.3 Å². The molecule has 0 spiro atoms. The summed E-state index contributed by atoms with van der Waals surface area (Å²) in [7, 11) is 1.68. The Hall–Kier alpha value is -2.08. The molecule has 19 heavy (non-hydrogen) atoms. The van der Waals surface area contributed by atoms with E-state index in [1.54, 1.807) is 7.05 Å². The lowest BCUT2D eigenvalue weighted by Gasteiger charge is -2.02. The number of amides is 1. The zero-order valence-electron chi connectivity index (χ0n) is 10.8. The number of hydrazine groups is 1. The van der Waals surface area contributed by atoms with Gasteiger partial charge in [0.15, 0.2) is 5.58 Å². The minimum absolute atomic E-state index is 0.149. The molecule has 1 aromatic carbocycles. The smallest absolute Gasteiger partial charge is 0.408 e. The number of benzene rings is 1. The Morgan fingerprint density at radius 1 is 1.42 bits per heavy atom. The molecule has 0 saturated carbocycles. The molecule has 0 aliphatic rings. The summed E-state index contributed by atoms with van der Waals surface area (Å²) in [5.74, 6) is 4.50. The number of rotatable bonds is 5. The standard InChI is InChI=1S/C13H17N3O3/c1-16-10-7-6-9(8-11(10)19-13(16)18)4-2-3-5-12(17)15-14/h6-8H,2-5,14H2,1H3,(H,15,17). The summed E-state index contributed by atoms with van der Waals surface area (Å²) in [4.78, 5) is 22.3. The van der Waals surface area contributed by atoms with E-state index in [0.29, 0.717) is 12.0 Å². The molecule has 1 heterocycles. The lowest BCUT2D eigenvalue weighted by Crippen LogP contribution is -2.29. The number of aromatic nitrogens is 1. The van der Waals surface area contributed by atoms with Crippen molar-refractivity contribution in [2.75, 3.05) is 0 Å². The largest absolute Gasteiger partial charge is 0.419 e. The van der Waals surface area contributed by atoms with Crippen LogP contribution in [0.5, 0.6) is 0 Å². The van der Waals surface area contributed by atoms with E-state index < -0.39 is 0 Å². The van der Waals surface area contributed by atoms with Crippen molar-refractivity contribution in [2.45, 2.75) is 25.7 Å². The van der Waals surface area contributed by atoms with Gasteiger partial charge in [0.1, 0.15) is 0 Å². The maximum absolute atomic E-state index is 11.4. The van der Waals surface area contributed by atoms with Gasteiger partial charge < -0.3 is 4.42 Å². The van der Waals surface area contributed by atoms with E-state index in [9.17, 15) is 9.59 Å². The maximum atomic E-state index is 11.4. The van der Waals surface area contributed by atoms with E-state index in [1.165, 1.54) is 4.57 Å². The summed E-state index contributed by atoms with van der Waals surface area (Å²) in [5, 5.41) is 0. The van der Waals surface area contributed by atoms with Crippen LogP contribution in [0.25, 0.3) is 11.1 Å². The number of hydrogen-bond acceptors (Lipinski definition) is 4. The minimum atomic E-state index is -0.355. The number of nitrogens with zero attached hydrogens (tertiary/aromatic N) is 1. The van der Waals surface area contributed by atoms with Crippen LogP contribution in [0.15, 0.2) is 27.4 Å². The zero-order chi connectivity index (χ0) is 13.8. The van der Waals surface area contributed by atoms with Gasteiger partial charge in [0.05, 0.1) is 5.52 Å². The van der Waals surface area contributed by atoms with Gasteiger partial charge in [0.25, 0.3) is 0 Å². The normalized spacial score (nSPS) is 10.8. The van der Waals surface area contributed by atoms with E-state index >= 15 is 0 Å². The third-order valence-corrected chi connectivity index (χ3v) is 3.14. The fourth-order valence-corrected chi connectivity index (χ4v) is 2.02. The molecule has 3 N–H and O–H groups in total. The summed E-state index contributed by atoms with van der Waals surface area (Å²) in [6, 6.07) is 5.72. The monoisotopic (exact) mass is 263 g/mol. The fraction of sp³-hybridized carbons (Fsp3) is 0.385. The van der Waals surface area contributed by atoms with Gasteiger partial charge in [-0.05, 0) is 37.0 Å². The second-order valence-electron chi connectivity index (χ2n) is 4.50. The zero-order valence-corrected chi connectivity index (χ0v) is 10.8. The molecule has 1 aromatic heterocycles. The van der Waals surface area contributed by atoms with Crippen LogP contribution in [0, 0.1) is 0 Å². The predicted octanol–water partition coefficient (Wildman–Crippen LogP) is 0.834. The highest BCUT2D eigenvalue weighted by molar-refractivity contribution is 5.75. The molecule has 0 radical (unpaired) electrons. The fourth-order valence-electron chi connectivity index (χ4n) is 2.02. The number of oxazole rings is 1. The van der Waals surface area contributed by atoms with Crippen LogP contribution in [0.3, 0.4) is 0 Å². The second-order valence-corrected chi connectivity index (χ2v) is 4.50. The van der Waals surface area contributed by atoms with E-state index in [-0.39, 0.29) is 11.7 Å². The van der Waals surface area contributed by atoms with Gasteiger partial charge in [0.2, 0.25) is 5.91 Å². The third-order valence-electron chi connectivity index (χ3n) is 3.14. The molecule has 0 unspecified atom stereocenters. The summed E-state index contributed by atoms with van der Waals surface area (Å²) in [6.07, 6.45) is 2.93. The number of nitrogens with two attached hydrogens (primary N) is 1. The van der Waals surface area contributed by atoms with Gasteiger partial charge in [-0.3, -0.25) is 14.8 Å². The topological polar surface area (TPSA) is 90.3 Å². The van der Waals surface area contributed by atoms with Gasteiger partial charge in [-0.1, -0.05) is 6.07 Å². The van der Waals surface area contributed by atoms with Gasteiger partial charge in [0, 0.05) is 13.5 Å². The molecule has 1 amide bonds. The van der Waals surface area contributed by atoms with Crippen LogP contribution < -0.4 is 17.0 Å². The van der Waals surface area contributed by atoms with Crippen molar-refractivity contribution < 1.29 is 9.21 Å². The Labute approximate surface area is 110 Å². The maximum Gasteiger partial charge on any atom is 0.419 e. The van der Waals surface area contributed by atoms with Crippen molar-refractivity contribution >= 4 is 17.0 Å². The number of fused-ring (bicyclic) bond motifs is 1. The first kappa shape index (κ1) is 13.4. The first-order chi connectivity index (χ1) is 9.11. The molecular formula is C13H17N3O3. The quantitative estimate of drug-likeness (QED) is 0.362. The van der Waals surface area contributed by atoms with Gasteiger partial charge >= 0.3 is 5.76 Å². The van der Waals surface area contributed by atoms with E-state index in [0.717, 1.165) is 30.3 Å². The Morgan fingerprint density at radius 3 is 2.95 bits per heavy atom. The van der Waals surface area contributed by atoms with Gasteiger partial charge in [-0.2, -0.15) is 0 Å². The van der Waals surface area contributed by atoms with E-state index in [4.69, 9.17) is 10.3 Å². The number of hydrogen-bond donors (Lipinski definition) is 2. The van der Waals surface area contributed by atoms with Crippen LogP contribution >= 0.6 is 0 Å². The van der Waals surface area contributed by atoms with Crippen LogP contribution in [0.4, 0.5) is 0 Å². The number of carbonyl (C=O) groups is 1. The Kier molecular flexibility index (Phi) is 4.01. The molecule has 6 nitrogen and oxygen atoms in total. The molecule has 0 saturated heterocycles. The van der Waals surface area contributed by atoms with Crippen LogP contribution in [-0.2, 0) is 18.3 Å². The average molecular weight is 263 g/mol. The molecule has 102 valence electrons. The van der Waals surface area contributed by atoms with Gasteiger partial charge in [-0.25, -0.2) is 10.6 Å². The first-order valence-electron chi connectivity index (χ1n) is 6.19. The van der Waals surface area contributed by atoms with E-state index in [2.05, 4.69) is 5.43 Å². The van der Waals surface area contributed by atoms with E-state index in [1.807, 2.05) is 18.2 Å². The molecule has 0 aliphatic carbocycles. The molecule has 0 fully saturated rings. The van der Waals surface area contributed by atoms with Gasteiger partial charge in [-0.15, -0.1) is 0 Å². The summed E-state index contributed by atoms with van der Waals surface area (Å²) < 4.78 is 6.60. The van der Waals surface area contributed by atoms with Crippen LogP contribution in [-0.4, -0.2) is 10.5 Å². The highest BCUT2D eigenvalue weighted by Crippen LogP contribution is 2.16. The van der Waals surface area contributed by atoms with Crippen molar-refractivity contribution in [3.8, 4) is 0 Å². The second kappa shape index (κ2) is 5.71. The van der Waals surface area contributed by atoms with Crippen LogP contribution in [0.1, 0.15) is 24.8 Å². The molecule has 0 bridgehead atoms. The number of unbranched alkanes of at least 4 members (excludes halogenated alkanes) is 1. The third kappa shape index (κ3) is 3.03. The summed E-state index contributed by atoms with van der Waals surface area (Å²) in [5.41, 5.74) is 4.59. The highest BCUT2D eigenvalue weighted by Gasteiger charge is 2.06. The van der Waals surface area contributed by atoms with Crippen molar-refractivity contribution in [2.24, 2.45) is 12.9 Å². The molecule has 6 heteroatoms. The lowest BCUT2D eigenvalue weighted by atomic mass is 10.1. The number of aryl methyl sites for hydroxylation is 2. The summed E-state index contributed by atoms with van der Waals surface area (Å²) >= 11 is 0. The Bertz CT molecular complexity index is 642. The lowest BCUT2D eigenvalue weighted by molar-refractivity contribution is -0.121. The van der Waals surface area contributed by atoms with Crippen LogP contribution in [0.2, 0.25) is 0 Å². The Morgan fingerprint density at radius 2 is 2.21 bits per heavy atom. The molecule has 2 aromatic rings. The highest BCUT2D eigenvalue weighted by atomic mass is 16.4. The molecular weight excluding hydrogens is 246 g/mol. The first-order valence-corrected chi connectivity index (χ1v) is 6.19. The Balaban J connectivity index is 1.98. The molecule has 2 rings (SSSR count). The summed E-state index contributed by atoms with van der Waals surface area (Å²) in [6.45, 7) is 0. The minimum Gasteiger partial charge on any atom is -0.408 e. The molecule has 0 atom stereocenters. The SMILES string of the molecule is Cn1c(=O)oc2cc(CCCCC(=O)NN)ccc21. The average Bonchev–Trinajstić information content (AvgIpc) is 2.69. The van der Waals surface area contributed by atoms with Crippen molar-refractivity contribution in [3.63, 3.8) is 0 Å². The van der Waals surface area contributed by atoms with Crippen molar-refractivity contribution in [1.29, 1.82) is 0 Å². The number of carbonyl (C=O) groups excluding carboxylic acids is 1. The number of nitrogens with one attached hydrogen (secondary N) is 1. The predicted molar refractivity (Wildman–Crippen MR) is 71.3 cm³/mol. The van der Waals surface area contributed by atoms with Crippen molar-refractivity contribution in [1.82, 2.24) is 9.99 Å².